The molecule has 1 aliphatic carbocycles. The lowest BCUT2D eigenvalue weighted by Crippen LogP contribution is -2.23. The lowest BCUT2D eigenvalue weighted by molar-refractivity contribution is 0.308. The third kappa shape index (κ3) is 2.13. The average molecular weight is 230 g/mol. The van der Waals surface area contributed by atoms with E-state index in [-0.39, 0.29) is 6.04 Å². The molecule has 1 aromatic rings. The summed E-state index contributed by atoms with van der Waals surface area (Å²) in [6.07, 6.45) is 6.58. The van der Waals surface area contributed by atoms with Crippen LogP contribution in [0.5, 0.6) is 0 Å². The fourth-order valence-electron chi connectivity index (χ4n) is 2.29. The smallest absolute Gasteiger partial charge is 0.0976 e. The Morgan fingerprint density at radius 2 is 2.07 bits per heavy atom. The van der Waals surface area contributed by atoms with Crippen molar-refractivity contribution in [3.8, 4) is 0 Å². The van der Waals surface area contributed by atoms with Gasteiger partial charge < -0.3 is 5.73 Å². The molecule has 2 rings (SSSR count). The summed E-state index contributed by atoms with van der Waals surface area (Å²) in [6, 6.07) is 2.24. The third-order valence-corrected chi connectivity index (χ3v) is 4.36. The molecule has 1 saturated carbocycles. The van der Waals surface area contributed by atoms with E-state index in [1.165, 1.54) is 32.1 Å². The molecule has 1 atom stereocenters. The molecule has 2 N–H and O–H groups in total. The van der Waals surface area contributed by atoms with Crippen molar-refractivity contribution in [2.75, 3.05) is 0 Å². The summed E-state index contributed by atoms with van der Waals surface area (Å²) in [5.74, 6) is 0.649. The molecule has 1 heterocycles. The van der Waals surface area contributed by atoms with Crippen molar-refractivity contribution in [3.63, 3.8) is 0 Å². The van der Waals surface area contributed by atoms with Crippen molar-refractivity contribution in [3.05, 3.63) is 21.3 Å². The van der Waals surface area contributed by atoms with Gasteiger partial charge in [0.25, 0.3) is 0 Å². The zero-order valence-corrected chi connectivity index (χ0v) is 9.78. The highest BCUT2D eigenvalue weighted by molar-refractivity contribution is 7.14. The normalized spacial score (nSPS) is 21.0. The van der Waals surface area contributed by atoms with Crippen molar-refractivity contribution >= 4 is 22.9 Å². The number of rotatable bonds is 2. The molecule has 1 aliphatic rings. The first kappa shape index (κ1) is 10.5. The van der Waals surface area contributed by atoms with Gasteiger partial charge >= 0.3 is 0 Å². The van der Waals surface area contributed by atoms with E-state index in [9.17, 15) is 0 Å². The topological polar surface area (TPSA) is 26.0 Å². The minimum absolute atomic E-state index is 0.161. The Morgan fingerprint density at radius 3 is 2.64 bits per heavy atom. The van der Waals surface area contributed by atoms with E-state index in [0.717, 1.165) is 9.90 Å². The second kappa shape index (κ2) is 4.65. The van der Waals surface area contributed by atoms with Gasteiger partial charge in [-0.3, -0.25) is 0 Å². The van der Waals surface area contributed by atoms with Gasteiger partial charge in [-0.05, 0) is 35.8 Å². The number of nitrogens with two attached hydrogens (primary N) is 1. The molecule has 1 nitrogen and oxygen atoms in total. The summed E-state index contributed by atoms with van der Waals surface area (Å²) in [5.41, 5.74) is 7.39. The van der Waals surface area contributed by atoms with Gasteiger partial charge in [0.15, 0.2) is 0 Å². The predicted octanol–water partition coefficient (Wildman–Crippen LogP) is 3.98. The van der Waals surface area contributed by atoms with Crippen molar-refractivity contribution in [1.29, 1.82) is 0 Å². The van der Waals surface area contributed by atoms with Gasteiger partial charge in [0.05, 0.1) is 4.34 Å². The highest BCUT2D eigenvalue weighted by Crippen LogP contribution is 2.37. The van der Waals surface area contributed by atoms with Gasteiger partial charge in [0, 0.05) is 6.04 Å². The van der Waals surface area contributed by atoms with Crippen LogP contribution in [0, 0.1) is 5.92 Å². The Kier molecular flexibility index (Phi) is 3.47. The Bertz CT molecular complexity index is 291. The van der Waals surface area contributed by atoms with Crippen LogP contribution < -0.4 is 5.73 Å². The van der Waals surface area contributed by atoms with Gasteiger partial charge in [-0.1, -0.05) is 30.9 Å². The minimum Gasteiger partial charge on any atom is -0.324 e. The fourth-order valence-corrected chi connectivity index (χ4v) is 3.31. The number of thiophene rings is 1. The summed E-state index contributed by atoms with van der Waals surface area (Å²) < 4.78 is 0.878. The van der Waals surface area contributed by atoms with Crippen molar-refractivity contribution in [2.45, 2.75) is 38.1 Å². The Labute approximate surface area is 94.3 Å². The molecule has 3 heteroatoms. The molecular weight excluding hydrogens is 214 g/mol. The first-order chi connectivity index (χ1) is 6.79. The maximum atomic E-state index is 6.24. The highest BCUT2D eigenvalue weighted by Gasteiger charge is 2.23. The largest absolute Gasteiger partial charge is 0.324 e. The maximum Gasteiger partial charge on any atom is 0.0976 e. The molecule has 1 aromatic heterocycles. The van der Waals surface area contributed by atoms with E-state index in [1.807, 2.05) is 5.38 Å². The summed E-state index contributed by atoms with van der Waals surface area (Å²) >= 11 is 7.67. The Morgan fingerprint density at radius 1 is 1.36 bits per heavy atom. The molecule has 0 aromatic carbocycles. The van der Waals surface area contributed by atoms with E-state index >= 15 is 0 Å². The molecule has 78 valence electrons. The van der Waals surface area contributed by atoms with Gasteiger partial charge in [-0.25, -0.2) is 0 Å². The van der Waals surface area contributed by atoms with Crippen molar-refractivity contribution < 1.29 is 0 Å². The number of halogens is 1. The molecule has 0 amide bonds. The van der Waals surface area contributed by atoms with Crippen LogP contribution in [-0.4, -0.2) is 0 Å². The molecule has 0 bridgehead atoms. The minimum atomic E-state index is 0.161. The molecule has 1 fully saturated rings. The Balaban J connectivity index is 2.07. The zero-order valence-electron chi connectivity index (χ0n) is 8.21. The van der Waals surface area contributed by atoms with E-state index in [4.69, 9.17) is 17.3 Å². The van der Waals surface area contributed by atoms with Crippen LogP contribution in [0.15, 0.2) is 11.4 Å². The lowest BCUT2D eigenvalue weighted by atomic mass is 9.82. The zero-order chi connectivity index (χ0) is 9.97. The van der Waals surface area contributed by atoms with Gasteiger partial charge in [0.1, 0.15) is 0 Å². The van der Waals surface area contributed by atoms with Crippen LogP contribution in [0.2, 0.25) is 4.34 Å². The van der Waals surface area contributed by atoms with Crippen LogP contribution in [-0.2, 0) is 0 Å². The summed E-state index contributed by atoms with van der Waals surface area (Å²) in [7, 11) is 0. The fraction of sp³-hybridized carbons (Fsp3) is 0.636. The van der Waals surface area contributed by atoms with E-state index in [1.54, 1.807) is 11.3 Å². The van der Waals surface area contributed by atoms with Gasteiger partial charge in [-0.2, -0.15) is 0 Å². The molecule has 0 spiro atoms. The molecule has 0 aliphatic heterocycles. The van der Waals surface area contributed by atoms with E-state index < -0.39 is 0 Å². The first-order valence-electron chi connectivity index (χ1n) is 5.27. The third-order valence-electron chi connectivity index (χ3n) is 3.16. The standard InChI is InChI=1S/C11H16ClNS/c12-11-9(6-7-14-11)10(13)8-4-2-1-3-5-8/h6-8,10H,1-5,13H2. The summed E-state index contributed by atoms with van der Waals surface area (Å²) in [6.45, 7) is 0. The summed E-state index contributed by atoms with van der Waals surface area (Å²) in [5, 5.41) is 2.03. The lowest BCUT2D eigenvalue weighted by Gasteiger charge is -2.27. The monoisotopic (exact) mass is 229 g/mol. The second-order valence-corrected chi connectivity index (χ2v) is 5.59. The van der Waals surface area contributed by atoms with E-state index in [0.29, 0.717) is 5.92 Å². The van der Waals surface area contributed by atoms with Crippen LogP contribution in [0.3, 0.4) is 0 Å². The number of hydrogen-bond acceptors (Lipinski definition) is 2. The summed E-state index contributed by atoms with van der Waals surface area (Å²) in [4.78, 5) is 0. The first-order valence-corrected chi connectivity index (χ1v) is 6.53. The predicted molar refractivity (Wildman–Crippen MR) is 62.8 cm³/mol. The SMILES string of the molecule is NC(c1ccsc1Cl)C1CCCCC1. The Hall–Kier alpha value is -0.0500. The van der Waals surface area contributed by atoms with Crippen LogP contribution in [0.25, 0.3) is 0 Å². The molecule has 14 heavy (non-hydrogen) atoms. The van der Waals surface area contributed by atoms with Gasteiger partial charge in [0.2, 0.25) is 0 Å². The van der Waals surface area contributed by atoms with Crippen LogP contribution in [0.4, 0.5) is 0 Å². The highest BCUT2D eigenvalue weighted by atomic mass is 35.5. The molecule has 0 radical (unpaired) electrons. The maximum absolute atomic E-state index is 6.24. The van der Waals surface area contributed by atoms with Crippen LogP contribution >= 0.6 is 22.9 Å². The molecular formula is C11H16ClNS. The number of hydrogen-bond donors (Lipinski definition) is 1. The van der Waals surface area contributed by atoms with Crippen LogP contribution in [0.1, 0.15) is 43.7 Å². The average Bonchev–Trinajstić information content (AvgIpc) is 2.65. The van der Waals surface area contributed by atoms with Gasteiger partial charge in [-0.15, -0.1) is 11.3 Å². The molecule has 1 unspecified atom stereocenters. The quantitative estimate of drug-likeness (QED) is 0.816. The second-order valence-electron chi connectivity index (χ2n) is 4.07. The molecule has 0 saturated heterocycles. The van der Waals surface area contributed by atoms with Crippen molar-refractivity contribution in [1.82, 2.24) is 0 Å². The van der Waals surface area contributed by atoms with E-state index in [2.05, 4.69) is 6.07 Å². The van der Waals surface area contributed by atoms with Crippen molar-refractivity contribution in [2.24, 2.45) is 11.7 Å².